The van der Waals surface area contributed by atoms with E-state index in [0.717, 1.165) is 16.6 Å². The third-order valence-electron chi connectivity index (χ3n) is 4.55. The van der Waals surface area contributed by atoms with Crippen LogP contribution in [0.1, 0.15) is 6.92 Å². The van der Waals surface area contributed by atoms with E-state index in [4.69, 9.17) is 4.74 Å². The molecule has 0 radical (unpaired) electrons. The van der Waals surface area contributed by atoms with E-state index < -0.39 is 6.04 Å². The number of aromatic nitrogens is 1. The quantitative estimate of drug-likeness (QED) is 0.713. The van der Waals surface area contributed by atoms with Crippen LogP contribution in [0.4, 0.5) is 10.5 Å². The number of anilines is 1. The molecule has 1 unspecified atom stereocenters. The Morgan fingerprint density at radius 1 is 1.18 bits per heavy atom. The lowest BCUT2D eigenvalue weighted by Gasteiger charge is -2.19. The number of urea groups is 1. The number of para-hydroxylation sites is 1. The maximum atomic E-state index is 12.4. The minimum atomic E-state index is -0.516. The molecule has 0 bridgehead atoms. The van der Waals surface area contributed by atoms with E-state index in [1.54, 1.807) is 13.1 Å². The van der Waals surface area contributed by atoms with Crippen molar-refractivity contribution in [1.29, 1.82) is 0 Å². The van der Waals surface area contributed by atoms with Crippen LogP contribution in [0.3, 0.4) is 0 Å². The molecule has 4 rings (SSSR count). The Bertz CT molecular complexity index is 1010. The van der Waals surface area contributed by atoms with Gasteiger partial charge in [-0.05, 0) is 43.3 Å². The second-order valence-electron chi connectivity index (χ2n) is 6.55. The summed E-state index contributed by atoms with van der Waals surface area (Å²) in [5, 5.41) is 6.76. The number of amides is 3. The highest BCUT2D eigenvalue weighted by molar-refractivity contribution is 5.99. The van der Waals surface area contributed by atoms with Gasteiger partial charge in [0.25, 0.3) is 5.91 Å². The first-order valence-corrected chi connectivity index (χ1v) is 9.09. The second kappa shape index (κ2) is 7.56. The Morgan fingerprint density at radius 2 is 1.96 bits per heavy atom. The van der Waals surface area contributed by atoms with E-state index in [0.29, 0.717) is 24.6 Å². The molecule has 0 saturated carbocycles. The number of hydrogen-bond donors (Lipinski definition) is 2. The smallest absolute Gasteiger partial charge is 0.324 e. The van der Waals surface area contributed by atoms with Crippen molar-refractivity contribution < 1.29 is 14.3 Å². The van der Waals surface area contributed by atoms with Crippen molar-refractivity contribution in [2.24, 2.45) is 0 Å². The van der Waals surface area contributed by atoms with Crippen molar-refractivity contribution in [3.8, 4) is 11.5 Å². The first-order valence-electron chi connectivity index (χ1n) is 9.09. The molecule has 7 nitrogen and oxygen atoms in total. The lowest BCUT2D eigenvalue weighted by molar-refractivity contribution is -0.128. The average molecular weight is 376 g/mol. The van der Waals surface area contributed by atoms with Crippen LogP contribution in [-0.2, 0) is 4.79 Å². The number of pyridine rings is 1. The van der Waals surface area contributed by atoms with Gasteiger partial charge in [0.1, 0.15) is 17.3 Å². The summed E-state index contributed by atoms with van der Waals surface area (Å²) in [5.74, 6) is 1.10. The van der Waals surface area contributed by atoms with Gasteiger partial charge < -0.3 is 15.4 Å². The largest absolute Gasteiger partial charge is 0.455 e. The molecule has 2 heterocycles. The van der Waals surface area contributed by atoms with Gasteiger partial charge in [-0.25, -0.2) is 4.79 Å². The van der Waals surface area contributed by atoms with Crippen molar-refractivity contribution in [3.63, 3.8) is 0 Å². The summed E-state index contributed by atoms with van der Waals surface area (Å²) in [6.07, 6.45) is 1.74. The predicted octanol–water partition coefficient (Wildman–Crippen LogP) is 3.38. The van der Waals surface area contributed by atoms with Crippen molar-refractivity contribution in [2.45, 2.75) is 13.0 Å². The zero-order chi connectivity index (χ0) is 19.5. The predicted molar refractivity (Wildman–Crippen MR) is 106 cm³/mol. The molecule has 142 valence electrons. The number of benzene rings is 2. The van der Waals surface area contributed by atoms with Gasteiger partial charge >= 0.3 is 6.03 Å². The third-order valence-corrected chi connectivity index (χ3v) is 4.55. The van der Waals surface area contributed by atoms with Gasteiger partial charge in [-0.3, -0.25) is 14.7 Å². The molecule has 7 heteroatoms. The van der Waals surface area contributed by atoms with Crippen LogP contribution in [-0.4, -0.2) is 41.0 Å². The fraction of sp³-hybridized carbons (Fsp3) is 0.190. The fourth-order valence-corrected chi connectivity index (χ4v) is 3.13. The molecule has 1 aliphatic rings. The number of hydrogen-bond acceptors (Lipinski definition) is 5. The zero-order valence-corrected chi connectivity index (χ0v) is 15.4. The van der Waals surface area contributed by atoms with Crippen molar-refractivity contribution in [1.82, 2.24) is 15.2 Å². The molecule has 1 fully saturated rings. The average Bonchev–Trinajstić information content (AvgIpc) is 3.15. The van der Waals surface area contributed by atoms with E-state index in [1.165, 1.54) is 4.90 Å². The van der Waals surface area contributed by atoms with E-state index in [-0.39, 0.29) is 11.9 Å². The minimum Gasteiger partial charge on any atom is -0.455 e. The first-order chi connectivity index (χ1) is 13.6. The fourth-order valence-electron chi connectivity index (χ4n) is 3.13. The van der Waals surface area contributed by atoms with Crippen LogP contribution in [0.25, 0.3) is 10.9 Å². The first kappa shape index (κ1) is 17.8. The maximum absolute atomic E-state index is 12.4. The highest BCUT2D eigenvalue weighted by Gasteiger charge is 2.29. The van der Waals surface area contributed by atoms with Crippen LogP contribution in [0, 0.1) is 0 Å². The normalized spacial score (nSPS) is 14.6. The lowest BCUT2D eigenvalue weighted by Crippen LogP contribution is -2.43. The molecular formula is C21H20N4O3. The molecule has 2 N–H and O–H groups in total. The van der Waals surface area contributed by atoms with E-state index in [2.05, 4.69) is 15.6 Å². The summed E-state index contributed by atoms with van der Waals surface area (Å²) in [7, 11) is 0. The summed E-state index contributed by atoms with van der Waals surface area (Å²) in [6.45, 7) is 2.63. The van der Waals surface area contributed by atoms with E-state index in [1.807, 2.05) is 54.6 Å². The van der Waals surface area contributed by atoms with Gasteiger partial charge in [0.15, 0.2) is 5.75 Å². The number of carbonyl (C=O) groups is 2. The third kappa shape index (κ3) is 3.59. The van der Waals surface area contributed by atoms with Crippen molar-refractivity contribution in [2.75, 3.05) is 18.4 Å². The molecule has 0 aliphatic carbocycles. The molecule has 3 amide bonds. The number of fused-ring (bicyclic) bond motifs is 1. The minimum absolute atomic E-state index is 0.253. The van der Waals surface area contributed by atoms with Gasteiger partial charge in [-0.2, -0.15) is 0 Å². The molecule has 28 heavy (non-hydrogen) atoms. The highest BCUT2D eigenvalue weighted by Crippen LogP contribution is 2.29. The van der Waals surface area contributed by atoms with Crippen LogP contribution in [0.15, 0.2) is 60.8 Å². The van der Waals surface area contributed by atoms with E-state index in [9.17, 15) is 9.59 Å². The summed E-state index contributed by atoms with van der Waals surface area (Å²) in [6, 6.07) is 16.1. The Morgan fingerprint density at radius 3 is 2.71 bits per heavy atom. The van der Waals surface area contributed by atoms with Gasteiger partial charge in [0.2, 0.25) is 0 Å². The summed E-state index contributed by atoms with van der Waals surface area (Å²) in [5.41, 5.74) is 1.57. The van der Waals surface area contributed by atoms with Crippen LogP contribution in [0.5, 0.6) is 11.5 Å². The number of imide groups is 1. The number of carbonyl (C=O) groups excluding carboxylic acids is 2. The van der Waals surface area contributed by atoms with Crippen LogP contribution in [0.2, 0.25) is 0 Å². The summed E-state index contributed by atoms with van der Waals surface area (Å²) in [4.78, 5) is 29.6. The van der Waals surface area contributed by atoms with Gasteiger partial charge in [0.05, 0.1) is 0 Å². The number of rotatable bonds is 5. The lowest BCUT2D eigenvalue weighted by atomic mass is 10.2. The Balaban J connectivity index is 1.44. The monoisotopic (exact) mass is 376 g/mol. The summed E-state index contributed by atoms with van der Waals surface area (Å²) >= 11 is 0. The summed E-state index contributed by atoms with van der Waals surface area (Å²) < 4.78 is 5.98. The molecule has 1 atom stereocenters. The number of nitrogens with zero attached hydrogens (tertiary/aromatic N) is 2. The molecule has 2 aromatic carbocycles. The topological polar surface area (TPSA) is 83.6 Å². The molecule has 1 aliphatic heterocycles. The molecular weight excluding hydrogens is 356 g/mol. The van der Waals surface area contributed by atoms with E-state index >= 15 is 0 Å². The maximum Gasteiger partial charge on any atom is 0.324 e. The standard InChI is InChI=1S/C21H20N4O3/c1-14(20(26)25-13-12-23-21(25)27)24-16-7-9-17(10-8-16)28-18-6-2-4-15-5-3-11-22-19(15)18/h2-11,14,24H,12-13H2,1H3,(H,23,27). The highest BCUT2D eigenvalue weighted by atomic mass is 16.5. The van der Waals surface area contributed by atoms with Crippen molar-refractivity contribution in [3.05, 3.63) is 60.8 Å². The number of nitrogens with one attached hydrogen (secondary N) is 2. The van der Waals surface area contributed by atoms with Crippen LogP contribution < -0.4 is 15.4 Å². The molecule has 3 aromatic rings. The number of ether oxygens (including phenoxy) is 1. The molecule has 1 aromatic heterocycles. The van der Waals surface area contributed by atoms with Gasteiger partial charge in [-0.15, -0.1) is 0 Å². The van der Waals surface area contributed by atoms with Gasteiger partial charge in [0, 0.05) is 30.4 Å². The molecule has 0 spiro atoms. The second-order valence-corrected chi connectivity index (χ2v) is 6.55. The Kier molecular flexibility index (Phi) is 4.80. The SMILES string of the molecule is CC(Nc1ccc(Oc2cccc3cccnc23)cc1)C(=O)N1CCNC1=O. The zero-order valence-electron chi connectivity index (χ0n) is 15.4. The van der Waals surface area contributed by atoms with Crippen molar-refractivity contribution >= 4 is 28.5 Å². The molecule has 1 saturated heterocycles. The van der Waals surface area contributed by atoms with Crippen LogP contribution >= 0.6 is 0 Å². The van der Waals surface area contributed by atoms with Gasteiger partial charge in [-0.1, -0.05) is 18.2 Å². The Hall–Kier alpha value is -3.61. The Labute approximate surface area is 162 Å².